The highest BCUT2D eigenvalue weighted by Gasteiger charge is 2.38. The minimum atomic E-state index is -0.0923. The van der Waals surface area contributed by atoms with Crippen LogP contribution in [0.1, 0.15) is 49.9 Å². The van der Waals surface area contributed by atoms with Crippen LogP contribution in [-0.2, 0) is 10.8 Å². The van der Waals surface area contributed by atoms with Crippen LogP contribution in [0.25, 0.3) is 66.4 Å². The zero-order valence-electron chi connectivity index (χ0n) is 34.0. The van der Waals surface area contributed by atoms with E-state index in [1.54, 1.807) is 0 Å². The van der Waals surface area contributed by atoms with Gasteiger partial charge >= 0.3 is 0 Å². The van der Waals surface area contributed by atoms with Crippen LogP contribution in [0.15, 0.2) is 200 Å². The van der Waals surface area contributed by atoms with Crippen molar-refractivity contribution in [3.63, 3.8) is 0 Å². The summed E-state index contributed by atoms with van der Waals surface area (Å²) in [5.41, 5.74) is 21.6. The lowest BCUT2D eigenvalue weighted by Crippen LogP contribution is -2.16. The Labute approximate surface area is 347 Å². The van der Waals surface area contributed by atoms with Gasteiger partial charge in [-0.15, -0.1) is 0 Å². The van der Waals surface area contributed by atoms with Gasteiger partial charge in [-0.2, -0.15) is 0 Å². The topological polar surface area (TPSA) is 3.24 Å². The van der Waals surface area contributed by atoms with E-state index in [1.807, 2.05) is 0 Å². The fourth-order valence-corrected chi connectivity index (χ4v) is 10.3. The van der Waals surface area contributed by atoms with E-state index in [0.717, 1.165) is 17.1 Å². The van der Waals surface area contributed by atoms with Gasteiger partial charge in [-0.25, -0.2) is 0 Å². The van der Waals surface area contributed by atoms with Crippen LogP contribution in [0.2, 0.25) is 0 Å². The first kappa shape index (κ1) is 35.2. The minimum absolute atomic E-state index is 0.0459. The molecule has 2 aliphatic carbocycles. The second-order valence-electron chi connectivity index (χ2n) is 17.3. The third-order valence-corrected chi connectivity index (χ3v) is 13.3. The maximum absolute atomic E-state index is 2.43. The minimum Gasteiger partial charge on any atom is -0.310 e. The lowest BCUT2D eigenvalue weighted by Gasteiger charge is -2.29. The van der Waals surface area contributed by atoms with Gasteiger partial charge in [0.05, 0.1) is 5.69 Å². The Hall–Kier alpha value is -6.96. The lowest BCUT2D eigenvalue weighted by molar-refractivity contribution is 0.660. The molecule has 1 heteroatoms. The van der Waals surface area contributed by atoms with Crippen LogP contribution in [0.3, 0.4) is 0 Å². The van der Waals surface area contributed by atoms with E-state index in [1.165, 1.54) is 88.7 Å². The summed E-state index contributed by atoms with van der Waals surface area (Å²) in [6.07, 6.45) is 0. The molecule has 0 heterocycles. The Bertz CT molecular complexity index is 3080. The summed E-state index contributed by atoms with van der Waals surface area (Å²) in [6.45, 7) is 9.44. The first-order valence-electron chi connectivity index (χ1n) is 20.8. The molecule has 9 aromatic rings. The van der Waals surface area contributed by atoms with E-state index in [4.69, 9.17) is 0 Å². The van der Waals surface area contributed by atoms with Crippen LogP contribution < -0.4 is 4.90 Å². The van der Waals surface area contributed by atoms with Gasteiger partial charge in [-0.1, -0.05) is 191 Å². The Morgan fingerprint density at radius 3 is 1.56 bits per heavy atom. The summed E-state index contributed by atoms with van der Waals surface area (Å²) in [5, 5.41) is 2.48. The number of rotatable bonds is 6. The molecule has 9 aromatic carbocycles. The molecule has 282 valence electrons. The number of anilines is 3. The summed E-state index contributed by atoms with van der Waals surface area (Å²) in [7, 11) is 0. The van der Waals surface area contributed by atoms with Gasteiger partial charge in [-0.3, -0.25) is 0 Å². The molecule has 11 rings (SSSR count). The van der Waals surface area contributed by atoms with E-state index >= 15 is 0 Å². The zero-order valence-corrected chi connectivity index (χ0v) is 34.0. The van der Waals surface area contributed by atoms with Gasteiger partial charge in [0.1, 0.15) is 0 Å². The number of hydrogen-bond acceptors (Lipinski definition) is 1. The molecule has 0 spiro atoms. The lowest BCUT2D eigenvalue weighted by atomic mass is 9.79. The standard InChI is InChI=1S/C58H45N/c1-57(2)52-24-10-7-18-47(52)49-36-31-41(37-54(49)57)38-27-32-42(33-28-38)59(55-26-12-9-20-50(55)46-22-13-16-39-15-5-6-17-44(39)46)43-34-29-40(30-35-43)45-21-14-23-51-48-19-8-11-25-53(48)58(3,4)56(45)51/h5-37H,1-4H3. The predicted molar refractivity (Wildman–Crippen MR) is 250 cm³/mol. The molecule has 2 aliphatic rings. The normalized spacial score (nSPS) is 14.0. The summed E-state index contributed by atoms with van der Waals surface area (Å²) in [4.78, 5) is 2.43. The van der Waals surface area contributed by atoms with Gasteiger partial charge in [-0.05, 0) is 119 Å². The van der Waals surface area contributed by atoms with E-state index in [9.17, 15) is 0 Å². The molecule has 0 saturated heterocycles. The van der Waals surface area contributed by atoms with Crippen molar-refractivity contribution in [2.75, 3.05) is 4.90 Å². The van der Waals surface area contributed by atoms with Crippen molar-refractivity contribution in [2.45, 2.75) is 38.5 Å². The molecule has 0 aliphatic heterocycles. The number of para-hydroxylation sites is 1. The Morgan fingerprint density at radius 1 is 0.322 bits per heavy atom. The zero-order chi connectivity index (χ0) is 39.9. The monoisotopic (exact) mass is 755 g/mol. The van der Waals surface area contributed by atoms with Crippen LogP contribution in [0.4, 0.5) is 17.1 Å². The summed E-state index contributed by atoms with van der Waals surface area (Å²) < 4.78 is 0. The van der Waals surface area contributed by atoms with Crippen LogP contribution in [-0.4, -0.2) is 0 Å². The molecular weight excluding hydrogens is 711 g/mol. The molecule has 0 N–H and O–H groups in total. The fourth-order valence-electron chi connectivity index (χ4n) is 10.3. The maximum atomic E-state index is 2.43. The number of benzene rings is 9. The van der Waals surface area contributed by atoms with Gasteiger partial charge in [0.15, 0.2) is 0 Å². The Balaban J connectivity index is 1.03. The van der Waals surface area contributed by atoms with Crippen molar-refractivity contribution < 1.29 is 0 Å². The smallest absolute Gasteiger partial charge is 0.0540 e. The molecule has 0 saturated carbocycles. The van der Waals surface area contributed by atoms with Gasteiger partial charge in [0.25, 0.3) is 0 Å². The van der Waals surface area contributed by atoms with E-state index in [0.29, 0.717) is 0 Å². The van der Waals surface area contributed by atoms with Crippen molar-refractivity contribution in [1.82, 2.24) is 0 Å². The van der Waals surface area contributed by atoms with Crippen molar-refractivity contribution in [3.05, 3.63) is 222 Å². The SMILES string of the molecule is CC1(C)c2ccccc2-c2ccc(-c3ccc(N(c4ccc(-c5cccc6c5C(C)(C)c5ccccc5-6)cc4)c4ccccc4-c4cccc5ccccc45)cc3)cc21. The van der Waals surface area contributed by atoms with Gasteiger partial charge in [0.2, 0.25) is 0 Å². The van der Waals surface area contributed by atoms with Crippen molar-refractivity contribution in [3.8, 4) is 55.6 Å². The number of nitrogens with zero attached hydrogens (tertiary/aromatic N) is 1. The van der Waals surface area contributed by atoms with Crippen LogP contribution in [0, 0.1) is 0 Å². The van der Waals surface area contributed by atoms with Crippen LogP contribution >= 0.6 is 0 Å². The number of fused-ring (bicyclic) bond motifs is 7. The van der Waals surface area contributed by atoms with E-state index < -0.39 is 0 Å². The Morgan fingerprint density at radius 2 is 0.814 bits per heavy atom. The molecular formula is C58H45N. The molecule has 0 atom stereocenters. The highest BCUT2D eigenvalue weighted by Crippen LogP contribution is 2.53. The first-order chi connectivity index (χ1) is 28.8. The summed E-state index contributed by atoms with van der Waals surface area (Å²) in [5.74, 6) is 0. The highest BCUT2D eigenvalue weighted by molar-refractivity contribution is 6.01. The van der Waals surface area contributed by atoms with Gasteiger partial charge < -0.3 is 4.90 Å². The summed E-state index contributed by atoms with van der Waals surface area (Å²) in [6, 6.07) is 74.2. The van der Waals surface area contributed by atoms with Crippen molar-refractivity contribution >= 4 is 27.8 Å². The fraction of sp³-hybridized carbons (Fsp3) is 0.103. The predicted octanol–water partition coefficient (Wildman–Crippen LogP) is 15.9. The quantitative estimate of drug-likeness (QED) is 0.163. The molecule has 0 radical (unpaired) electrons. The third-order valence-electron chi connectivity index (χ3n) is 13.3. The Kier molecular flexibility index (Phi) is 7.94. The van der Waals surface area contributed by atoms with E-state index in [-0.39, 0.29) is 10.8 Å². The molecule has 0 bridgehead atoms. The summed E-state index contributed by atoms with van der Waals surface area (Å²) >= 11 is 0. The van der Waals surface area contributed by atoms with Crippen molar-refractivity contribution in [2.24, 2.45) is 0 Å². The second-order valence-corrected chi connectivity index (χ2v) is 17.3. The average molecular weight is 756 g/mol. The third kappa shape index (κ3) is 5.45. The number of hydrogen-bond donors (Lipinski definition) is 0. The highest BCUT2D eigenvalue weighted by atomic mass is 15.1. The largest absolute Gasteiger partial charge is 0.310 e. The van der Waals surface area contributed by atoms with E-state index in [2.05, 4.69) is 233 Å². The van der Waals surface area contributed by atoms with Crippen molar-refractivity contribution in [1.29, 1.82) is 0 Å². The second kappa shape index (κ2) is 13.3. The molecule has 1 nitrogen and oxygen atoms in total. The molecule has 59 heavy (non-hydrogen) atoms. The molecule has 0 amide bonds. The maximum Gasteiger partial charge on any atom is 0.0540 e. The average Bonchev–Trinajstić information content (AvgIpc) is 3.66. The van der Waals surface area contributed by atoms with Crippen LogP contribution in [0.5, 0.6) is 0 Å². The molecule has 0 unspecified atom stereocenters. The molecule has 0 fully saturated rings. The first-order valence-corrected chi connectivity index (χ1v) is 20.8. The molecule has 0 aromatic heterocycles. The van der Waals surface area contributed by atoms with Gasteiger partial charge in [0, 0.05) is 27.8 Å².